The van der Waals surface area contributed by atoms with Gasteiger partial charge in [0.15, 0.2) is 0 Å². The van der Waals surface area contributed by atoms with Crippen LogP contribution in [-0.4, -0.2) is 25.9 Å². The second kappa shape index (κ2) is 9.14. The Morgan fingerprint density at radius 2 is 2.00 bits per heavy atom. The van der Waals surface area contributed by atoms with E-state index in [-0.39, 0.29) is 5.69 Å². The average Bonchev–Trinajstić information content (AvgIpc) is 3.45. The van der Waals surface area contributed by atoms with Crippen LogP contribution in [0.25, 0.3) is 16.3 Å². The van der Waals surface area contributed by atoms with Gasteiger partial charge in [-0.3, -0.25) is 9.78 Å². The number of thiazole rings is 1. The summed E-state index contributed by atoms with van der Waals surface area (Å²) >= 11 is 1.43. The Hall–Kier alpha value is -3.53. The van der Waals surface area contributed by atoms with Gasteiger partial charge in [-0.25, -0.2) is 4.68 Å². The third-order valence-electron chi connectivity index (χ3n) is 5.01. The molecule has 0 atom stereocenters. The number of anilines is 1. The van der Waals surface area contributed by atoms with Crippen molar-refractivity contribution in [3.63, 3.8) is 0 Å². The minimum absolute atomic E-state index is 0.105. The van der Waals surface area contributed by atoms with E-state index in [0.29, 0.717) is 35.3 Å². The van der Waals surface area contributed by atoms with E-state index in [1.807, 2.05) is 13.8 Å². The Morgan fingerprint density at radius 3 is 2.70 bits per heavy atom. The van der Waals surface area contributed by atoms with Crippen LogP contribution < -0.4 is 5.32 Å². The molecule has 0 bridgehead atoms. The van der Waals surface area contributed by atoms with Gasteiger partial charge in [0.25, 0.3) is 5.91 Å². The minimum atomic E-state index is -4.50. The highest BCUT2D eigenvalue weighted by Gasteiger charge is 2.31. The average molecular weight is 472 g/mol. The molecule has 33 heavy (non-hydrogen) atoms. The van der Waals surface area contributed by atoms with Crippen molar-refractivity contribution in [1.82, 2.24) is 20.0 Å². The van der Waals surface area contributed by atoms with Crippen molar-refractivity contribution in [3.8, 4) is 16.3 Å². The summed E-state index contributed by atoms with van der Waals surface area (Å²) in [6.45, 7) is 3.76. The molecule has 4 aromatic rings. The normalized spacial score (nSPS) is 11.5. The second-order valence-corrected chi connectivity index (χ2v) is 8.42. The van der Waals surface area contributed by atoms with Gasteiger partial charge in [0.1, 0.15) is 5.69 Å². The van der Waals surface area contributed by atoms with Crippen molar-refractivity contribution in [1.29, 1.82) is 0 Å². The minimum Gasteiger partial charge on any atom is -0.322 e. The molecule has 10 heteroatoms. The van der Waals surface area contributed by atoms with E-state index in [1.54, 1.807) is 46.9 Å². The molecule has 1 N–H and O–H groups in total. The zero-order chi connectivity index (χ0) is 23.6. The number of hydrogen-bond donors (Lipinski definition) is 1. The number of alkyl halides is 3. The lowest BCUT2D eigenvalue weighted by Gasteiger charge is -2.14. The molecule has 0 aliphatic heterocycles. The lowest BCUT2D eigenvalue weighted by molar-refractivity contribution is -0.137. The fourth-order valence-electron chi connectivity index (χ4n) is 3.40. The molecular weight excluding hydrogens is 451 g/mol. The van der Waals surface area contributed by atoms with Crippen LogP contribution in [-0.2, 0) is 12.6 Å². The van der Waals surface area contributed by atoms with Gasteiger partial charge in [0, 0.05) is 17.4 Å². The van der Waals surface area contributed by atoms with Crippen molar-refractivity contribution in [3.05, 3.63) is 76.6 Å². The summed E-state index contributed by atoms with van der Waals surface area (Å²) in [5.74, 6) is -0.513. The summed E-state index contributed by atoms with van der Waals surface area (Å²) in [5.41, 5.74) is 3.98. The lowest BCUT2D eigenvalue weighted by atomic mass is 10.0. The Kier molecular flexibility index (Phi) is 6.28. The number of nitrogens with zero attached hydrogens (tertiary/aromatic N) is 4. The first-order chi connectivity index (χ1) is 15.7. The van der Waals surface area contributed by atoms with Gasteiger partial charge in [-0.05, 0) is 54.8 Å². The number of aromatic nitrogens is 4. The highest BCUT2D eigenvalue weighted by atomic mass is 32.1. The van der Waals surface area contributed by atoms with Crippen molar-refractivity contribution in [2.24, 2.45) is 0 Å². The molecule has 0 saturated carbocycles. The van der Waals surface area contributed by atoms with E-state index in [1.165, 1.54) is 11.3 Å². The molecule has 0 aliphatic rings. The van der Waals surface area contributed by atoms with Gasteiger partial charge in [0.2, 0.25) is 0 Å². The summed E-state index contributed by atoms with van der Waals surface area (Å²) in [4.78, 5) is 17.8. The maximum Gasteiger partial charge on any atom is 0.416 e. The van der Waals surface area contributed by atoms with Crippen LogP contribution >= 0.6 is 11.3 Å². The molecule has 4 rings (SSSR count). The van der Waals surface area contributed by atoms with E-state index < -0.39 is 17.6 Å². The van der Waals surface area contributed by atoms with Gasteiger partial charge in [-0.15, -0.1) is 16.4 Å². The predicted molar refractivity (Wildman–Crippen MR) is 121 cm³/mol. The topological polar surface area (TPSA) is 72.7 Å². The van der Waals surface area contributed by atoms with Crippen molar-refractivity contribution in [2.45, 2.75) is 32.9 Å². The Labute approximate surface area is 192 Å². The molecule has 0 radical (unpaired) electrons. The molecule has 2 aromatic heterocycles. The van der Waals surface area contributed by atoms with E-state index in [0.717, 1.165) is 22.6 Å². The van der Waals surface area contributed by atoms with Crippen LogP contribution in [0.2, 0.25) is 0 Å². The zero-order valence-electron chi connectivity index (χ0n) is 17.8. The largest absolute Gasteiger partial charge is 0.416 e. The first-order valence-electron chi connectivity index (χ1n) is 10.2. The molecular formula is C23H20F3N5OS. The number of carbonyl (C=O) groups excluding carboxylic acids is 1. The lowest BCUT2D eigenvalue weighted by Crippen LogP contribution is -2.14. The second-order valence-electron chi connectivity index (χ2n) is 7.54. The summed E-state index contributed by atoms with van der Waals surface area (Å²) in [6.07, 6.45) is 0.107. The molecule has 6 nitrogen and oxygen atoms in total. The van der Waals surface area contributed by atoms with Crippen LogP contribution in [0.5, 0.6) is 0 Å². The zero-order valence-corrected chi connectivity index (χ0v) is 18.7. The van der Waals surface area contributed by atoms with Crippen LogP contribution in [0, 0.1) is 6.92 Å². The van der Waals surface area contributed by atoms with E-state index in [4.69, 9.17) is 0 Å². The maximum absolute atomic E-state index is 13.3. The van der Waals surface area contributed by atoms with Crippen LogP contribution in [0.4, 0.5) is 18.9 Å². The van der Waals surface area contributed by atoms with Gasteiger partial charge < -0.3 is 5.32 Å². The number of aryl methyl sites for hydroxylation is 2. The Balaban J connectivity index is 1.62. The van der Waals surface area contributed by atoms with E-state index >= 15 is 0 Å². The summed E-state index contributed by atoms with van der Waals surface area (Å²) in [7, 11) is 0. The monoisotopic (exact) mass is 471 g/mol. The smallest absolute Gasteiger partial charge is 0.322 e. The molecule has 2 aromatic carbocycles. The third kappa shape index (κ3) is 5.11. The van der Waals surface area contributed by atoms with Crippen LogP contribution in [0.3, 0.4) is 0 Å². The third-order valence-corrected chi connectivity index (χ3v) is 5.81. The number of hydrogen-bond acceptors (Lipinski definition) is 5. The summed E-state index contributed by atoms with van der Waals surface area (Å²) in [5, 5.41) is 10.9. The molecule has 170 valence electrons. The van der Waals surface area contributed by atoms with E-state index in [9.17, 15) is 18.0 Å². The SMILES string of the molecule is CCCc1cc(NC(=O)c2ccc(C)c(-n3cc(-c4cncs4)nn3)c2)cc(C(F)(F)F)c1. The number of halogens is 3. The van der Waals surface area contributed by atoms with Gasteiger partial charge in [0.05, 0.1) is 27.8 Å². The molecule has 0 fully saturated rings. The molecule has 0 saturated heterocycles. The standard InChI is InChI=1S/C23H20F3N5OS/c1-3-4-15-7-17(23(24,25)26)10-18(8-15)28-22(32)16-6-5-14(2)20(9-16)31-12-19(29-30-31)21-11-27-13-33-21/h5-13H,3-4H2,1-2H3,(H,28,32). The Bertz CT molecular complexity index is 1280. The Morgan fingerprint density at radius 1 is 1.18 bits per heavy atom. The first kappa shape index (κ1) is 22.7. The van der Waals surface area contributed by atoms with Crippen LogP contribution in [0.1, 0.15) is 40.4 Å². The fourth-order valence-corrected chi connectivity index (χ4v) is 3.97. The van der Waals surface area contributed by atoms with E-state index in [2.05, 4.69) is 20.6 Å². The number of nitrogens with one attached hydrogen (secondary N) is 1. The molecule has 1 amide bonds. The number of carbonyl (C=O) groups is 1. The number of benzene rings is 2. The fraction of sp³-hybridized carbons (Fsp3) is 0.217. The van der Waals surface area contributed by atoms with Crippen molar-refractivity contribution < 1.29 is 18.0 Å². The number of amides is 1. The molecule has 0 aliphatic carbocycles. The predicted octanol–water partition coefficient (Wildman–Crippen LogP) is 5.92. The highest BCUT2D eigenvalue weighted by molar-refractivity contribution is 7.13. The van der Waals surface area contributed by atoms with Gasteiger partial charge in [-0.1, -0.05) is 24.6 Å². The molecule has 2 heterocycles. The number of rotatable bonds is 6. The summed E-state index contributed by atoms with van der Waals surface area (Å²) in [6, 6.07) is 8.66. The van der Waals surface area contributed by atoms with Crippen LogP contribution in [0.15, 0.2) is 54.3 Å². The molecule has 0 spiro atoms. The summed E-state index contributed by atoms with van der Waals surface area (Å²) < 4.78 is 41.5. The quantitative estimate of drug-likeness (QED) is 0.379. The maximum atomic E-state index is 13.3. The highest BCUT2D eigenvalue weighted by Crippen LogP contribution is 2.32. The first-order valence-corrected chi connectivity index (χ1v) is 11.1. The molecule has 0 unspecified atom stereocenters. The van der Waals surface area contributed by atoms with Crippen molar-refractivity contribution >= 4 is 22.9 Å². The van der Waals surface area contributed by atoms with Gasteiger partial charge in [-0.2, -0.15) is 13.2 Å². The van der Waals surface area contributed by atoms with Crippen molar-refractivity contribution in [2.75, 3.05) is 5.32 Å². The van der Waals surface area contributed by atoms with Gasteiger partial charge >= 0.3 is 6.18 Å².